The van der Waals surface area contributed by atoms with Crippen molar-refractivity contribution in [1.29, 1.82) is 0 Å². The van der Waals surface area contributed by atoms with Gasteiger partial charge in [0.2, 0.25) is 0 Å². The molecule has 0 aromatic heterocycles. The lowest BCUT2D eigenvalue weighted by molar-refractivity contribution is -0.276. The fraction of sp³-hybridized carbons (Fsp3) is 0.457. The molecule has 0 bridgehead atoms. The summed E-state index contributed by atoms with van der Waals surface area (Å²) in [5.41, 5.74) is 1.10. The molecule has 7 nitrogen and oxygen atoms in total. The summed E-state index contributed by atoms with van der Waals surface area (Å²) in [4.78, 5) is 20.8. The van der Waals surface area contributed by atoms with E-state index in [4.69, 9.17) is 23.5 Å². The number of ether oxygens (including phenoxy) is 3. The Morgan fingerprint density at radius 2 is 1.49 bits per heavy atom. The molecule has 5 rings (SSSR count). The Morgan fingerprint density at radius 3 is 2.07 bits per heavy atom. The van der Waals surface area contributed by atoms with E-state index in [2.05, 4.69) is 81.4 Å². The molecule has 0 unspecified atom stereocenters. The zero-order valence-electron chi connectivity index (χ0n) is 25.8. The highest BCUT2D eigenvalue weighted by atomic mass is 28.4. The molecule has 2 fully saturated rings. The van der Waals surface area contributed by atoms with Gasteiger partial charge in [0, 0.05) is 13.5 Å². The van der Waals surface area contributed by atoms with E-state index in [1.165, 1.54) is 0 Å². The molecule has 43 heavy (non-hydrogen) atoms. The van der Waals surface area contributed by atoms with Crippen LogP contribution in [0, 0.1) is 0 Å². The summed E-state index contributed by atoms with van der Waals surface area (Å²) in [6.45, 7) is 7.89. The van der Waals surface area contributed by atoms with E-state index in [1.54, 1.807) is 12.2 Å². The maximum absolute atomic E-state index is 14.4. The van der Waals surface area contributed by atoms with Gasteiger partial charge >= 0.3 is 0 Å². The predicted octanol–water partition coefficient (Wildman–Crippen LogP) is 5.22. The molecule has 4 atom stereocenters. The van der Waals surface area contributed by atoms with E-state index in [9.17, 15) is 4.79 Å². The number of piperidine rings is 1. The van der Waals surface area contributed by atoms with Gasteiger partial charge in [-0.05, 0) is 40.2 Å². The Labute approximate surface area is 257 Å². The van der Waals surface area contributed by atoms with E-state index in [0.29, 0.717) is 26.1 Å². The Morgan fingerprint density at radius 1 is 0.884 bits per heavy atom. The number of benzene rings is 3. The van der Waals surface area contributed by atoms with E-state index in [0.717, 1.165) is 28.8 Å². The highest BCUT2D eigenvalue weighted by Crippen LogP contribution is 2.40. The normalized spacial score (nSPS) is 22.8. The van der Waals surface area contributed by atoms with E-state index in [-0.39, 0.29) is 36.0 Å². The number of hydroxylamine groups is 2. The average Bonchev–Trinajstić information content (AvgIpc) is 3.03. The summed E-state index contributed by atoms with van der Waals surface area (Å²) in [5, 5.41) is 3.60. The van der Waals surface area contributed by atoms with Crippen LogP contribution in [0.4, 0.5) is 0 Å². The van der Waals surface area contributed by atoms with Crippen molar-refractivity contribution in [3.05, 3.63) is 96.6 Å². The van der Waals surface area contributed by atoms with Crippen LogP contribution in [0.3, 0.4) is 0 Å². The summed E-state index contributed by atoms with van der Waals surface area (Å²) in [6.07, 6.45) is 1.71. The van der Waals surface area contributed by atoms with Crippen LogP contribution in [-0.2, 0) is 34.9 Å². The van der Waals surface area contributed by atoms with Crippen molar-refractivity contribution in [3.8, 4) is 0 Å². The number of hydrogen-bond donors (Lipinski definition) is 0. The van der Waals surface area contributed by atoms with Gasteiger partial charge in [-0.2, -0.15) is 0 Å². The molecular weight excluding hydrogens is 558 g/mol. The zero-order chi connectivity index (χ0) is 30.3. The first-order chi connectivity index (χ1) is 20.8. The molecule has 0 saturated carbocycles. The van der Waals surface area contributed by atoms with Crippen LogP contribution < -0.4 is 10.4 Å². The largest absolute Gasteiger partial charge is 0.395 e. The molecule has 2 saturated heterocycles. The number of nitrogens with zero attached hydrogens (tertiary/aromatic N) is 1. The van der Waals surface area contributed by atoms with E-state index >= 15 is 0 Å². The lowest BCUT2D eigenvalue weighted by Gasteiger charge is -2.50. The molecule has 3 aromatic carbocycles. The van der Waals surface area contributed by atoms with Gasteiger partial charge in [0.05, 0.1) is 31.5 Å². The van der Waals surface area contributed by atoms with Crippen molar-refractivity contribution in [2.45, 2.75) is 82.5 Å². The van der Waals surface area contributed by atoms with Gasteiger partial charge in [0.15, 0.2) is 0 Å². The molecule has 3 aromatic rings. The molecular formula is C35H45NO6Si. The Kier molecular flexibility index (Phi) is 10.5. The lowest BCUT2D eigenvalue weighted by atomic mass is 9.91. The standard InChI is InChI=1S/C35H45NO6Si/c1-35(2,3)43(29-16-10-6-11-17-29,30-18-12-7-13-19-30)42-33-24-32(40-25-27-14-8-5-9-15-27)31-21-20-28(22-23-39-26-38-4)41-36(31)34(33)37/h5-19,28,31-33H,20-26H2,1-4H3/t28-,31+,32-,33-/m0/s1. The number of amides is 1. The maximum atomic E-state index is 14.4. The van der Waals surface area contributed by atoms with Crippen molar-refractivity contribution >= 4 is 24.6 Å². The first-order valence-electron chi connectivity index (χ1n) is 15.3. The van der Waals surface area contributed by atoms with Crippen molar-refractivity contribution in [2.75, 3.05) is 20.5 Å². The molecule has 0 N–H and O–H groups in total. The third-order valence-corrected chi connectivity index (χ3v) is 13.6. The number of carbonyl (C=O) groups excluding carboxylic acids is 1. The van der Waals surface area contributed by atoms with Crippen molar-refractivity contribution in [2.24, 2.45) is 0 Å². The fourth-order valence-electron chi connectivity index (χ4n) is 6.44. The highest BCUT2D eigenvalue weighted by molar-refractivity contribution is 6.99. The average molecular weight is 604 g/mol. The summed E-state index contributed by atoms with van der Waals surface area (Å²) < 4.78 is 24.5. The molecule has 0 radical (unpaired) electrons. The minimum Gasteiger partial charge on any atom is -0.395 e. The second-order valence-corrected chi connectivity index (χ2v) is 16.7. The summed E-state index contributed by atoms with van der Waals surface area (Å²) in [5.74, 6) is -0.125. The lowest BCUT2D eigenvalue weighted by Crippen LogP contribution is -2.70. The van der Waals surface area contributed by atoms with Crippen LogP contribution in [0.5, 0.6) is 0 Å². The third kappa shape index (κ3) is 7.11. The molecule has 2 aliphatic heterocycles. The van der Waals surface area contributed by atoms with Crippen molar-refractivity contribution < 1.29 is 28.3 Å². The Bertz CT molecular complexity index is 1250. The topological polar surface area (TPSA) is 66.5 Å². The quantitative estimate of drug-likeness (QED) is 0.161. The van der Waals surface area contributed by atoms with E-state index in [1.807, 2.05) is 30.3 Å². The molecule has 8 heteroatoms. The van der Waals surface area contributed by atoms with Gasteiger partial charge in [-0.3, -0.25) is 9.63 Å². The van der Waals surface area contributed by atoms with Crippen molar-refractivity contribution in [1.82, 2.24) is 5.06 Å². The van der Waals surface area contributed by atoms with Crippen LogP contribution in [-0.4, -0.2) is 64.2 Å². The first-order valence-corrected chi connectivity index (χ1v) is 17.2. The zero-order valence-corrected chi connectivity index (χ0v) is 26.8. The monoisotopic (exact) mass is 603 g/mol. The third-order valence-electron chi connectivity index (χ3n) is 8.54. The van der Waals surface area contributed by atoms with Crippen molar-refractivity contribution in [3.63, 3.8) is 0 Å². The van der Waals surface area contributed by atoms with Gasteiger partial charge < -0.3 is 18.6 Å². The summed E-state index contributed by atoms with van der Waals surface area (Å²) in [6, 6.07) is 30.9. The highest BCUT2D eigenvalue weighted by Gasteiger charge is 2.55. The van der Waals surface area contributed by atoms with Gasteiger partial charge in [0.1, 0.15) is 12.9 Å². The Hall–Kier alpha value is -2.85. The van der Waals surface area contributed by atoms with E-state index < -0.39 is 14.4 Å². The second-order valence-electron chi connectivity index (χ2n) is 12.5. The summed E-state index contributed by atoms with van der Waals surface area (Å²) >= 11 is 0. The molecule has 0 spiro atoms. The smallest absolute Gasteiger partial charge is 0.274 e. The first kappa shape index (κ1) is 31.6. The number of rotatable bonds is 12. The molecule has 2 heterocycles. The van der Waals surface area contributed by atoms with Crippen LogP contribution in [0.1, 0.15) is 52.0 Å². The molecule has 230 valence electrons. The fourth-order valence-corrected chi connectivity index (χ4v) is 11.1. The molecule has 2 aliphatic rings. The number of hydrogen-bond acceptors (Lipinski definition) is 6. The molecule has 0 aliphatic carbocycles. The second kappa shape index (κ2) is 14.3. The minimum absolute atomic E-state index is 0.125. The summed E-state index contributed by atoms with van der Waals surface area (Å²) in [7, 11) is -1.38. The number of methoxy groups -OCH3 is 1. The van der Waals surface area contributed by atoms with Gasteiger partial charge in [0.25, 0.3) is 14.2 Å². The van der Waals surface area contributed by atoms with Gasteiger partial charge in [-0.15, -0.1) is 0 Å². The number of carbonyl (C=O) groups is 1. The maximum Gasteiger partial charge on any atom is 0.274 e. The van der Waals surface area contributed by atoms with Gasteiger partial charge in [-0.1, -0.05) is 112 Å². The SMILES string of the molecule is COCOCC[C@@H]1CC[C@@H]2[C@@H](OCc3ccccc3)C[C@H](O[Si](c3ccccc3)(c3ccccc3)C(C)(C)C)C(=O)N2O1. The Balaban J connectivity index is 1.48. The van der Waals surface area contributed by atoms with Gasteiger partial charge in [-0.25, -0.2) is 5.06 Å². The number of fused-ring (bicyclic) bond motifs is 1. The predicted molar refractivity (Wildman–Crippen MR) is 169 cm³/mol. The minimum atomic E-state index is -2.99. The molecule has 1 amide bonds. The van der Waals surface area contributed by atoms with Crippen LogP contribution in [0.2, 0.25) is 5.04 Å². The van der Waals surface area contributed by atoms with Crippen LogP contribution >= 0.6 is 0 Å². The van der Waals surface area contributed by atoms with Crippen LogP contribution in [0.15, 0.2) is 91.0 Å². The van der Waals surface area contributed by atoms with Crippen LogP contribution in [0.25, 0.3) is 0 Å².